The summed E-state index contributed by atoms with van der Waals surface area (Å²) in [6.07, 6.45) is 2.79. The van der Waals surface area contributed by atoms with Crippen LogP contribution in [0.25, 0.3) is 6.08 Å². The van der Waals surface area contributed by atoms with Gasteiger partial charge in [-0.2, -0.15) is 5.26 Å². The van der Waals surface area contributed by atoms with E-state index in [-0.39, 0.29) is 5.71 Å². The number of hydrogen-bond acceptors (Lipinski definition) is 6. The average Bonchev–Trinajstić information content (AvgIpc) is 2.80. The molecule has 1 heterocycles. The quantitative estimate of drug-likeness (QED) is 0.483. The van der Waals surface area contributed by atoms with Crippen molar-refractivity contribution >= 4 is 50.8 Å². The Bertz CT molecular complexity index is 601. The Morgan fingerprint density at radius 1 is 1.60 bits per heavy atom. The van der Waals surface area contributed by atoms with Gasteiger partial charge in [0.15, 0.2) is 12.4 Å². The molecule has 0 aliphatic carbocycles. The van der Waals surface area contributed by atoms with Gasteiger partial charge in [-0.3, -0.25) is 4.79 Å². The summed E-state index contributed by atoms with van der Waals surface area (Å²) in [7, 11) is 0. The van der Waals surface area contributed by atoms with Gasteiger partial charge in [-0.05, 0) is 41.1 Å². The number of rotatable bonds is 6. The van der Waals surface area contributed by atoms with E-state index in [1.807, 2.05) is 12.1 Å². The number of thiophene rings is 1. The standard InChI is InChI=1S/C13H11BrN2O3S/c1-8(16)10(6-15)11(17)7-19-13(18)5-3-9-2-4-12(14)20-9/h2-5,10,16H,7H2,1H3/b5-3+,16-8?. The number of ether oxygens (including phenoxy) is 1. The maximum absolute atomic E-state index is 11.5. The van der Waals surface area contributed by atoms with Crippen molar-refractivity contribution in [2.75, 3.05) is 6.61 Å². The molecule has 20 heavy (non-hydrogen) atoms. The van der Waals surface area contributed by atoms with Gasteiger partial charge in [0, 0.05) is 16.7 Å². The Labute approximate surface area is 128 Å². The molecule has 1 aromatic heterocycles. The summed E-state index contributed by atoms with van der Waals surface area (Å²) in [5, 5.41) is 16.0. The minimum atomic E-state index is -1.15. The lowest BCUT2D eigenvalue weighted by molar-refractivity contribution is -0.143. The molecule has 1 aromatic rings. The van der Waals surface area contributed by atoms with Gasteiger partial charge in [0.25, 0.3) is 0 Å². The van der Waals surface area contributed by atoms with Crippen molar-refractivity contribution in [3.8, 4) is 6.07 Å². The average molecular weight is 355 g/mol. The minimum Gasteiger partial charge on any atom is -0.454 e. The first-order chi connectivity index (χ1) is 9.43. The van der Waals surface area contributed by atoms with Crippen molar-refractivity contribution in [3.63, 3.8) is 0 Å². The highest BCUT2D eigenvalue weighted by Gasteiger charge is 2.20. The largest absolute Gasteiger partial charge is 0.454 e. The van der Waals surface area contributed by atoms with E-state index in [9.17, 15) is 9.59 Å². The molecule has 0 aromatic carbocycles. The number of Topliss-reactive ketones (excluding diaryl/α,β-unsaturated/α-hetero) is 1. The lowest BCUT2D eigenvalue weighted by atomic mass is 10.0. The molecule has 0 saturated carbocycles. The molecule has 0 aliphatic rings. The van der Waals surface area contributed by atoms with Crippen LogP contribution in [0.2, 0.25) is 0 Å². The summed E-state index contributed by atoms with van der Waals surface area (Å²) in [5.74, 6) is -2.41. The van der Waals surface area contributed by atoms with Crippen LogP contribution >= 0.6 is 27.3 Å². The lowest BCUT2D eigenvalue weighted by Gasteiger charge is -2.05. The zero-order valence-corrected chi connectivity index (χ0v) is 13.0. The Balaban J connectivity index is 2.48. The summed E-state index contributed by atoms with van der Waals surface area (Å²) in [6.45, 7) is 0.855. The predicted octanol–water partition coefficient (Wildman–Crippen LogP) is 2.82. The highest BCUT2D eigenvalue weighted by atomic mass is 79.9. The maximum atomic E-state index is 11.5. The normalized spacial score (nSPS) is 11.8. The van der Waals surface area contributed by atoms with Gasteiger partial charge in [0.2, 0.25) is 0 Å². The highest BCUT2D eigenvalue weighted by molar-refractivity contribution is 9.11. The van der Waals surface area contributed by atoms with Crippen molar-refractivity contribution in [2.24, 2.45) is 5.92 Å². The molecule has 1 unspecified atom stereocenters. The fraction of sp³-hybridized carbons (Fsp3) is 0.231. The molecule has 1 N–H and O–H groups in total. The van der Waals surface area contributed by atoms with Gasteiger partial charge < -0.3 is 10.1 Å². The number of nitriles is 1. The molecule has 1 rings (SSSR count). The Morgan fingerprint density at radius 2 is 2.30 bits per heavy atom. The molecule has 7 heteroatoms. The first-order valence-electron chi connectivity index (χ1n) is 5.51. The second-order valence-electron chi connectivity index (χ2n) is 3.79. The van der Waals surface area contributed by atoms with Crippen LogP contribution in [-0.2, 0) is 14.3 Å². The monoisotopic (exact) mass is 354 g/mol. The van der Waals surface area contributed by atoms with E-state index in [1.165, 1.54) is 24.3 Å². The molecule has 0 radical (unpaired) electrons. The van der Waals surface area contributed by atoms with E-state index in [0.29, 0.717) is 0 Å². The fourth-order valence-electron chi connectivity index (χ4n) is 1.25. The number of nitrogens with one attached hydrogen (secondary N) is 1. The van der Waals surface area contributed by atoms with Gasteiger partial charge in [0.1, 0.15) is 5.92 Å². The first-order valence-corrected chi connectivity index (χ1v) is 7.12. The summed E-state index contributed by atoms with van der Waals surface area (Å²) in [5.41, 5.74) is -0.0625. The number of carbonyl (C=O) groups excluding carboxylic acids is 2. The topological polar surface area (TPSA) is 91.0 Å². The van der Waals surface area contributed by atoms with Crippen LogP contribution in [0, 0.1) is 22.7 Å². The summed E-state index contributed by atoms with van der Waals surface area (Å²) >= 11 is 4.75. The van der Waals surface area contributed by atoms with Crippen molar-refractivity contribution in [3.05, 3.63) is 26.9 Å². The Kier molecular flexibility index (Phi) is 6.28. The number of nitrogens with zero attached hydrogens (tertiary/aromatic N) is 1. The fourth-order valence-corrected chi connectivity index (χ4v) is 2.58. The summed E-state index contributed by atoms with van der Waals surface area (Å²) in [4.78, 5) is 23.8. The van der Waals surface area contributed by atoms with E-state index in [1.54, 1.807) is 12.1 Å². The number of halogens is 1. The summed E-state index contributed by atoms with van der Waals surface area (Å²) < 4.78 is 5.68. The highest BCUT2D eigenvalue weighted by Crippen LogP contribution is 2.22. The van der Waals surface area contributed by atoms with E-state index >= 15 is 0 Å². The van der Waals surface area contributed by atoms with Gasteiger partial charge in [0.05, 0.1) is 9.86 Å². The molecule has 104 valence electrons. The van der Waals surface area contributed by atoms with Gasteiger partial charge in [-0.25, -0.2) is 4.79 Å². The van der Waals surface area contributed by atoms with E-state index in [0.717, 1.165) is 8.66 Å². The lowest BCUT2D eigenvalue weighted by Crippen LogP contribution is -2.25. The third-order valence-electron chi connectivity index (χ3n) is 2.22. The molecule has 0 bridgehead atoms. The second-order valence-corrected chi connectivity index (χ2v) is 6.29. The zero-order valence-electron chi connectivity index (χ0n) is 10.6. The molecular weight excluding hydrogens is 344 g/mol. The third kappa shape index (κ3) is 5.07. The smallest absolute Gasteiger partial charge is 0.331 e. The maximum Gasteiger partial charge on any atom is 0.331 e. The molecule has 5 nitrogen and oxygen atoms in total. The number of ketones is 1. The minimum absolute atomic E-state index is 0.0625. The summed E-state index contributed by atoms with van der Waals surface area (Å²) in [6, 6.07) is 5.38. The van der Waals surface area contributed by atoms with Crippen molar-refractivity contribution in [2.45, 2.75) is 6.92 Å². The van der Waals surface area contributed by atoms with Crippen LogP contribution in [0.15, 0.2) is 22.0 Å². The Morgan fingerprint density at radius 3 is 2.80 bits per heavy atom. The van der Waals surface area contributed by atoms with Gasteiger partial charge in [-0.15, -0.1) is 11.3 Å². The van der Waals surface area contributed by atoms with E-state index in [2.05, 4.69) is 15.9 Å². The van der Waals surface area contributed by atoms with Crippen molar-refractivity contribution in [1.82, 2.24) is 0 Å². The number of carbonyl (C=O) groups is 2. The van der Waals surface area contributed by atoms with E-state index in [4.69, 9.17) is 15.4 Å². The molecule has 0 spiro atoms. The molecule has 0 amide bonds. The van der Waals surface area contributed by atoms with E-state index < -0.39 is 24.3 Å². The van der Waals surface area contributed by atoms with Gasteiger partial charge in [-0.1, -0.05) is 0 Å². The third-order valence-corrected chi connectivity index (χ3v) is 3.81. The SMILES string of the molecule is CC(=N)C(C#N)C(=O)COC(=O)/C=C/c1ccc(Br)s1. The van der Waals surface area contributed by atoms with Crippen LogP contribution in [0.3, 0.4) is 0 Å². The molecule has 0 saturated heterocycles. The number of hydrogen-bond donors (Lipinski definition) is 1. The van der Waals surface area contributed by atoms with Gasteiger partial charge >= 0.3 is 5.97 Å². The van der Waals surface area contributed by atoms with Crippen LogP contribution in [0.5, 0.6) is 0 Å². The first kappa shape index (κ1) is 16.3. The number of esters is 1. The second kappa shape index (κ2) is 7.72. The van der Waals surface area contributed by atoms with Crippen LogP contribution in [0.4, 0.5) is 0 Å². The predicted molar refractivity (Wildman–Crippen MR) is 79.5 cm³/mol. The van der Waals surface area contributed by atoms with Crippen LogP contribution in [-0.4, -0.2) is 24.1 Å². The van der Waals surface area contributed by atoms with Crippen LogP contribution in [0.1, 0.15) is 11.8 Å². The molecule has 0 fully saturated rings. The molecule has 0 aliphatic heterocycles. The molecule has 1 atom stereocenters. The van der Waals surface area contributed by atoms with Crippen LogP contribution < -0.4 is 0 Å². The van der Waals surface area contributed by atoms with Crippen molar-refractivity contribution < 1.29 is 14.3 Å². The zero-order chi connectivity index (χ0) is 15.1. The Hall–Kier alpha value is -1.78. The molecular formula is C13H11BrN2O3S. The van der Waals surface area contributed by atoms with Crippen molar-refractivity contribution in [1.29, 1.82) is 10.7 Å².